The molecule has 1 amide bonds. The van der Waals surface area contributed by atoms with E-state index < -0.39 is 5.91 Å². The van der Waals surface area contributed by atoms with Gasteiger partial charge >= 0.3 is 0 Å². The SMILES string of the molecule is CNC1COCC[C@H]1Nc1ccc(C(N)=O)c(Nc2cccc(-n3cccn3)c2)n1. The van der Waals surface area contributed by atoms with Gasteiger partial charge in [-0.2, -0.15) is 5.10 Å². The molecular weight excluding hydrogens is 382 g/mol. The number of ether oxygens (including phenoxy) is 1. The van der Waals surface area contributed by atoms with Gasteiger partial charge in [0, 0.05) is 30.7 Å². The fraction of sp³-hybridized carbons (Fsp3) is 0.286. The molecule has 0 bridgehead atoms. The highest BCUT2D eigenvalue weighted by Crippen LogP contribution is 2.24. The molecule has 1 fully saturated rings. The molecule has 30 heavy (non-hydrogen) atoms. The number of nitrogens with two attached hydrogens (primary N) is 1. The number of hydrogen-bond donors (Lipinski definition) is 4. The third kappa shape index (κ3) is 4.42. The van der Waals surface area contributed by atoms with E-state index in [1.165, 1.54) is 0 Å². The molecular formula is C21H25N7O2. The number of nitrogens with zero attached hydrogens (tertiary/aromatic N) is 3. The summed E-state index contributed by atoms with van der Waals surface area (Å²) in [4.78, 5) is 16.6. The minimum Gasteiger partial charge on any atom is -0.380 e. The van der Waals surface area contributed by atoms with Crippen LogP contribution in [0.4, 0.5) is 17.3 Å². The van der Waals surface area contributed by atoms with Gasteiger partial charge in [0.05, 0.1) is 23.9 Å². The molecule has 156 valence electrons. The van der Waals surface area contributed by atoms with Crippen molar-refractivity contribution in [1.29, 1.82) is 0 Å². The highest BCUT2D eigenvalue weighted by atomic mass is 16.5. The highest BCUT2D eigenvalue weighted by molar-refractivity contribution is 5.98. The third-order valence-electron chi connectivity index (χ3n) is 5.10. The highest BCUT2D eigenvalue weighted by Gasteiger charge is 2.25. The normalized spacial score (nSPS) is 18.7. The van der Waals surface area contributed by atoms with E-state index in [0.29, 0.717) is 30.4 Å². The number of hydrogen-bond acceptors (Lipinski definition) is 7. The maximum atomic E-state index is 11.9. The molecule has 0 aliphatic carbocycles. The number of primary amides is 1. The van der Waals surface area contributed by atoms with Gasteiger partial charge in [0.25, 0.3) is 5.91 Å². The Kier molecular flexibility index (Phi) is 5.92. The first-order chi connectivity index (χ1) is 14.6. The lowest BCUT2D eigenvalue weighted by Gasteiger charge is -2.32. The zero-order valence-corrected chi connectivity index (χ0v) is 16.7. The molecule has 0 radical (unpaired) electrons. The van der Waals surface area contributed by atoms with E-state index in [-0.39, 0.29) is 12.1 Å². The van der Waals surface area contributed by atoms with Gasteiger partial charge in [0.1, 0.15) is 11.6 Å². The van der Waals surface area contributed by atoms with Crippen molar-refractivity contribution in [3.8, 4) is 5.69 Å². The Hall–Kier alpha value is -3.43. The molecule has 4 rings (SSSR count). The number of rotatable bonds is 7. The van der Waals surface area contributed by atoms with E-state index in [1.807, 2.05) is 43.6 Å². The summed E-state index contributed by atoms with van der Waals surface area (Å²) in [5.41, 5.74) is 7.56. The average molecular weight is 407 g/mol. The average Bonchev–Trinajstić information content (AvgIpc) is 3.29. The van der Waals surface area contributed by atoms with E-state index in [0.717, 1.165) is 17.8 Å². The second-order valence-electron chi connectivity index (χ2n) is 7.09. The lowest BCUT2D eigenvalue weighted by molar-refractivity contribution is 0.0657. The van der Waals surface area contributed by atoms with Crippen molar-refractivity contribution in [2.24, 2.45) is 5.73 Å². The van der Waals surface area contributed by atoms with Gasteiger partial charge in [-0.15, -0.1) is 0 Å². The Morgan fingerprint density at radius 1 is 1.23 bits per heavy atom. The number of benzene rings is 1. The van der Waals surface area contributed by atoms with E-state index >= 15 is 0 Å². The van der Waals surface area contributed by atoms with Crippen molar-refractivity contribution < 1.29 is 9.53 Å². The molecule has 2 aromatic heterocycles. The molecule has 1 aliphatic rings. The van der Waals surface area contributed by atoms with Crippen molar-refractivity contribution >= 4 is 23.2 Å². The van der Waals surface area contributed by atoms with Crippen LogP contribution in [0.5, 0.6) is 0 Å². The fourth-order valence-corrected chi connectivity index (χ4v) is 3.50. The molecule has 0 saturated carbocycles. The number of aromatic nitrogens is 3. The number of carbonyl (C=O) groups is 1. The van der Waals surface area contributed by atoms with Gasteiger partial charge in [0.15, 0.2) is 0 Å². The Morgan fingerprint density at radius 2 is 2.13 bits per heavy atom. The number of carbonyl (C=O) groups excluding carboxylic acids is 1. The largest absolute Gasteiger partial charge is 0.380 e. The van der Waals surface area contributed by atoms with Gasteiger partial charge < -0.3 is 26.4 Å². The first-order valence-electron chi connectivity index (χ1n) is 9.83. The summed E-state index contributed by atoms with van der Waals surface area (Å²) in [5.74, 6) is 0.523. The van der Waals surface area contributed by atoms with Gasteiger partial charge in [-0.05, 0) is 49.9 Å². The van der Waals surface area contributed by atoms with Crippen molar-refractivity contribution in [3.05, 3.63) is 60.4 Å². The maximum Gasteiger partial charge on any atom is 0.252 e. The van der Waals surface area contributed by atoms with Gasteiger partial charge in [0.2, 0.25) is 0 Å². The Morgan fingerprint density at radius 3 is 2.90 bits per heavy atom. The molecule has 1 saturated heterocycles. The predicted octanol–water partition coefficient (Wildman–Crippen LogP) is 1.90. The van der Waals surface area contributed by atoms with Crippen LogP contribution in [0.1, 0.15) is 16.8 Å². The number of anilines is 3. The molecule has 0 spiro atoms. The van der Waals surface area contributed by atoms with Gasteiger partial charge in [-0.1, -0.05) is 6.07 Å². The van der Waals surface area contributed by atoms with Gasteiger partial charge in [-0.25, -0.2) is 9.67 Å². The summed E-state index contributed by atoms with van der Waals surface area (Å²) < 4.78 is 7.29. The quantitative estimate of drug-likeness (QED) is 0.472. The standard InChI is InChI=1S/C21H25N7O2/c1-23-18-13-30-11-8-17(18)26-19-7-6-16(20(22)29)21(27-19)25-14-4-2-5-15(12-14)28-10-3-9-24-28/h2-7,9-10,12,17-18,23H,8,11,13H2,1H3,(H2,22,29)(H2,25,26,27)/t17-,18?/m1/s1. The molecule has 5 N–H and O–H groups in total. The van der Waals surface area contributed by atoms with Crippen LogP contribution >= 0.6 is 0 Å². The number of nitrogens with one attached hydrogen (secondary N) is 3. The molecule has 9 heteroatoms. The molecule has 1 aliphatic heterocycles. The van der Waals surface area contributed by atoms with E-state index in [9.17, 15) is 4.79 Å². The molecule has 9 nitrogen and oxygen atoms in total. The van der Waals surface area contributed by atoms with Crippen molar-refractivity contribution in [2.45, 2.75) is 18.5 Å². The van der Waals surface area contributed by atoms with Crippen LogP contribution in [-0.2, 0) is 4.74 Å². The number of likely N-dealkylation sites (N-methyl/N-ethyl adjacent to an activating group) is 1. The first kappa shape index (κ1) is 19.9. The molecule has 3 heterocycles. The van der Waals surface area contributed by atoms with Crippen LogP contribution in [-0.4, -0.2) is 53.0 Å². The van der Waals surface area contributed by atoms with Crippen LogP contribution in [0.15, 0.2) is 54.9 Å². The van der Waals surface area contributed by atoms with Crippen molar-refractivity contribution in [1.82, 2.24) is 20.1 Å². The second kappa shape index (κ2) is 8.93. The van der Waals surface area contributed by atoms with E-state index in [2.05, 4.69) is 26.0 Å². The van der Waals surface area contributed by atoms with Crippen molar-refractivity contribution in [2.75, 3.05) is 30.9 Å². The third-order valence-corrected chi connectivity index (χ3v) is 5.10. The van der Waals surface area contributed by atoms with E-state index in [1.54, 1.807) is 23.0 Å². The topological polar surface area (TPSA) is 119 Å². The molecule has 1 aromatic carbocycles. The monoisotopic (exact) mass is 407 g/mol. The Bertz CT molecular complexity index is 1010. The van der Waals surface area contributed by atoms with Crippen LogP contribution in [0.2, 0.25) is 0 Å². The smallest absolute Gasteiger partial charge is 0.252 e. The molecule has 2 atom stereocenters. The molecule has 1 unspecified atom stereocenters. The van der Waals surface area contributed by atoms with Crippen LogP contribution in [0.3, 0.4) is 0 Å². The molecule has 3 aromatic rings. The zero-order valence-electron chi connectivity index (χ0n) is 16.7. The zero-order chi connectivity index (χ0) is 20.9. The predicted molar refractivity (Wildman–Crippen MR) is 115 cm³/mol. The lowest BCUT2D eigenvalue weighted by atomic mass is 10.0. The second-order valence-corrected chi connectivity index (χ2v) is 7.09. The maximum absolute atomic E-state index is 11.9. The lowest BCUT2D eigenvalue weighted by Crippen LogP contribution is -2.49. The summed E-state index contributed by atoms with van der Waals surface area (Å²) in [7, 11) is 1.91. The fourth-order valence-electron chi connectivity index (χ4n) is 3.50. The van der Waals surface area contributed by atoms with E-state index in [4.69, 9.17) is 10.5 Å². The first-order valence-corrected chi connectivity index (χ1v) is 9.83. The summed E-state index contributed by atoms with van der Waals surface area (Å²) in [6.45, 7) is 1.33. The summed E-state index contributed by atoms with van der Waals surface area (Å²) in [6.07, 6.45) is 4.44. The van der Waals surface area contributed by atoms with Gasteiger partial charge in [-0.3, -0.25) is 4.79 Å². The summed E-state index contributed by atoms with van der Waals surface area (Å²) in [6, 6.07) is 13.3. The van der Waals surface area contributed by atoms with Crippen molar-refractivity contribution in [3.63, 3.8) is 0 Å². The number of amides is 1. The minimum absolute atomic E-state index is 0.173. The Labute approximate surface area is 174 Å². The summed E-state index contributed by atoms with van der Waals surface area (Å²) in [5, 5.41) is 14.2. The van der Waals surface area contributed by atoms with Crippen LogP contribution in [0.25, 0.3) is 5.69 Å². The van der Waals surface area contributed by atoms with Crippen LogP contribution < -0.4 is 21.7 Å². The number of pyridine rings is 1. The van der Waals surface area contributed by atoms with Crippen LogP contribution in [0, 0.1) is 0 Å². The minimum atomic E-state index is -0.543. The Balaban J connectivity index is 1.59. The summed E-state index contributed by atoms with van der Waals surface area (Å²) >= 11 is 0.